The van der Waals surface area contributed by atoms with E-state index in [0.29, 0.717) is 12.1 Å². The van der Waals surface area contributed by atoms with Gasteiger partial charge in [0.05, 0.1) is 17.6 Å². The fourth-order valence-corrected chi connectivity index (χ4v) is 1.84. The van der Waals surface area contributed by atoms with Crippen molar-refractivity contribution in [1.29, 1.82) is 0 Å². The molecule has 0 bridgehead atoms. The van der Waals surface area contributed by atoms with Crippen molar-refractivity contribution < 1.29 is 14.8 Å². The number of carbonyl (C=O) groups excluding carboxylic acids is 1. The molecule has 3 N–H and O–H groups in total. The van der Waals surface area contributed by atoms with Crippen LogP contribution in [-0.2, 0) is 0 Å². The predicted octanol–water partition coefficient (Wildman–Crippen LogP) is 1.77. The second-order valence-corrected chi connectivity index (χ2v) is 5.03. The van der Waals surface area contributed by atoms with E-state index in [9.17, 15) is 20.0 Å². The maximum atomic E-state index is 11.8. The van der Waals surface area contributed by atoms with Gasteiger partial charge in [-0.05, 0) is 25.0 Å². The molecule has 0 aliphatic carbocycles. The number of nitro groups is 1. The number of nitrogens with one attached hydrogen (secondary N) is 2. The van der Waals surface area contributed by atoms with Crippen molar-refractivity contribution in [2.75, 3.05) is 18.5 Å². The van der Waals surface area contributed by atoms with Gasteiger partial charge in [-0.3, -0.25) is 14.9 Å². The Morgan fingerprint density at radius 2 is 2.10 bits per heavy atom. The van der Waals surface area contributed by atoms with E-state index in [1.54, 1.807) is 6.92 Å². The molecule has 1 amide bonds. The maximum absolute atomic E-state index is 11.8. The molecule has 0 saturated carbocycles. The third kappa shape index (κ3) is 4.42. The van der Waals surface area contributed by atoms with E-state index in [1.165, 1.54) is 18.2 Å². The van der Waals surface area contributed by atoms with Crippen LogP contribution in [0.1, 0.15) is 31.1 Å². The zero-order chi connectivity index (χ0) is 16.0. The maximum Gasteiger partial charge on any atom is 0.292 e. The van der Waals surface area contributed by atoms with Gasteiger partial charge in [0.2, 0.25) is 0 Å². The molecule has 0 spiro atoms. The number of aliphatic hydroxyl groups excluding tert-OH is 1. The molecule has 1 aromatic carbocycles. The molecule has 7 heteroatoms. The van der Waals surface area contributed by atoms with Gasteiger partial charge in [-0.2, -0.15) is 0 Å². The Labute approximate surface area is 123 Å². The summed E-state index contributed by atoms with van der Waals surface area (Å²) in [5.41, 5.74) is 0.448. The number of nitrogens with zero attached hydrogens (tertiary/aromatic N) is 1. The highest BCUT2D eigenvalue weighted by atomic mass is 16.6. The van der Waals surface area contributed by atoms with Gasteiger partial charge >= 0.3 is 0 Å². The van der Waals surface area contributed by atoms with Crippen LogP contribution in [0.15, 0.2) is 18.2 Å². The van der Waals surface area contributed by atoms with Gasteiger partial charge in [0.25, 0.3) is 11.6 Å². The molecule has 1 aromatic rings. The lowest BCUT2D eigenvalue weighted by Gasteiger charge is -2.21. The summed E-state index contributed by atoms with van der Waals surface area (Å²) in [6.07, 6.45) is 0. The first-order chi connectivity index (χ1) is 9.90. The van der Waals surface area contributed by atoms with Gasteiger partial charge < -0.3 is 15.7 Å². The van der Waals surface area contributed by atoms with Crippen LogP contribution < -0.4 is 10.6 Å². The van der Waals surface area contributed by atoms with Gasteiger partial charge in [0, 0.05) is 18.2 Å². The second-order valence-electron chi connectivity index (χ2n) is 5.03. The number of nitro benzene ring substituents is 1. The molecule has 0 aliphatic rings. The van der Waals surface area contributed by atoms with Crippen molar-refractivity contribution >= 4 is 17.3 Å². The standard InChI is InChI=1S/C14H21N3O4/c1-4-15-14(19)10-5-6-13(17(20)21)11(7-10)16-12(8-18)9(2)3/h5-7,9,12,16,18H,4,8H2,1-3H3,(H,15,19)/t12-/m1/s1. The summed E-state index contributed by atoms with van der Waals surface area (Å²) in [5.74, 6) is -0.205. The van der Waals surface area contributed by atoms with E-state index >= 15 is 0 Å². The SMILES string of the molecule is CCNC(=O)c1ccc([N+](=O)[O-])c(N[C@H](CO)C(C)C)c1. The lowest BCUT2D eigenvalue weighted by Crippen LogP contribution is -2.30. The Morgan fingerprint density at radius 1 is 1.43 bits per heavy atom. The molecule has 0 heterocycles. The first kappa shape index (κ1) is 16.9. The molecule has 0 fully saturated rings. The normalized spacial score (nSPS) is 12.0. The van der Waals surface area contributed by atoms with E-state index in [2.05, 4.69) is 10.6 Å². The summed E-state index contributed by atoms with van der Waals surface area (Å²) < 4.78 is 0. The third-order valence-electron chi connectivity index (χ3n) is 3.14. The highest BCUT2D eigenvalue weighted by Crippen LogP contribution is 2.27. The van der Waals surface area contributed by atoms with Crippen LogP contribution >= 0.6 is 0 Å². The number of benzene rings is 1. The molecule has 0 aliphatic heterocycles. The van der Waals surface area contributed by atoms with E-state index in [1.807, 2.05) is 13.8 Å². The number of hydrogen-bond donors (Lipinski definition) is 3. The topological polar surface area (TPSA) is 104 Å². The third-order valence-corrected chi connectivity index (χ3v) is 3.14. The summed E-state index contributed by atoms with van der Waals surface area (Å²) in [6.45, 7) is 5.91. The smallest absolute Gasteiger partial charge is 0.292 e. The largest absolute Gasteiger partial charge is 0.394 e. The number of carbonyl (C=O) groups is 1. The first-order valence-corrected chi connectivity index (χ1v) is 6.84. The molecular formula is C14H21N3O4. The van der Waals surface area contributed by atoms with Crippen LogP contribution in [0.5, 0.6) is 0 Å². The van der Waals surface area contributed by atoms with Crippen LogP contribution in [0.4, 0.5) is 11.4 Å². The zero-order valence-corrected chi connectivity index (χ0v) is 12.4. The van der Waals surface area contributed by atoms with Crippen molar-refractivity contribution in [2.24, 2.45) is 5.92 Å². The fraction of sp³-hybridized carbons (Fsp3) is 0.500. The van der Waals surface area contributed by atoms with Crippen LogP contribution in [0.2, 0.25) is 0 Å². The highest BCUT2D eigenvalue weighted by Gasteiger charge is 2.20. The molecule has 1 rings (SSSR count). The van der Waals surface area contributed by atoms with Crippen LogP contribution in [0, 0.1) is 16.0 Å². The number of hydrogen-bond acceptors (Lipinski definition) is 5. The van der Waals surface area contributed by atoms with E-state index in [4.69, 9.17) is 0 Å². The molecule has 0 saturated heterocycles. The molecule has 0 radical (unpaired) electrons. The quantitative estimate of drug-likeness (QED) is 0.525. The molecule has 0 unspecified atom stereocenters. The second kappa shape index (κ2) is 7.58. The number of aliphatic hydroxyl groups is 1. The average molecular weight is 295 g/mol. The minimum atomic E-state index is -0.515. The Kier molecular flexibility index (Phi) is 6.10. The van der Waals surface area contributed by atoms with E-state index in [0.717, 1.165) is 0 Å². The lowest BCUT2D eigenvalue weighted by atomic mass is 10.0. The van der Waals surface area contributed by atoms with Gasteiger partial charge in [-0.1, -0.05) is 13.8 Å². The molecule has 0 aromatic heterocycles. The monoisotopic (exact) mass is 295 g/mol. The summed E-state index contributed by atoms with van der Waals surface area (Å²) in [5, 5.41) is 26.0. The predicted molar refractivity (Wildman–Crippen MR) is 80.4 cm³/mol. The van der Waals surface area contributed by atoms with Gasteiger partial charge in [0.15, 0.2) is 0 Å². The van der Waals surface area contributed by atoms with Crippen LogP contribution in [0.25, 0.3) is 0 Å². The molecule has 21 heavy (non-hydrogen) atoms. The Hall–Kier alpha value is -2.15. The van der Waals surface area contributed by atoms with Crippen LogP contribution in [-0.4, -0.2) is 35.1 Å². The van der Waals surface area contributed by atoms with Gasteiger partial charge in [-0.15, -0.1) is 0 Å². The van der Waals surface area contributed by atoms with E-state index < -0.39 is 4.92 Å². The van der Waals surface area contributed by atoms with Crippen molar-refractivity contribution in [3.05, 3.63) is 33.9 Å². The average Bonchev–Trinajstić information content (AvgIpc) is 2.44. The van der Waals surface area contributed by atoms with Crippen molar-refractivity contribution in [2.45, 2.75) is 26.8 Å². The van der Waals surface area contributed by atoms with Crippen molar-refractivity contribution in [1.82, 2.24) is 5.32 Å². The first-order valence-electron chi connectivity index (χ1n) is 6.84. The number of amides is 1. The van der Waals surface area contributed by atoms with Gasteiger partial charge in [0.1, 0.15) is 5.69 Å². The Balaban J connectivity index is 3.15. The minimum absolute atomic E-state index is 0.0859. The Morgan fingerprint density at radius 3 is 2.57 bits per heavy atom. The minimum Gasteiger partial charge on any atom is -0.394 e. The molecule has 1 atom stereocenters. The van der Waals surface area contributed by atoms with Crippen molar-refractivity contribution in [3.63, 3.8) is 0 Å². The summed E-state index contributed by atoms with van der Waals surface area (Å²) in [6, 6.07) is 3.82. The summed E-state index contributed by atoms with van der Waals surface area (Å²) in [7, 11) is 0. The van der Waals surface area contributed by atoms with Crippen molar-refractivity contribution in [3.8, 4) is 0 Å². The van der Waals surface area contributed by atoms with E-state index in [-0.39, 0.29) is 35.8 Å². The Bertz CT molecular complexity index is 517. The lowest BCUT2D eigenvalue weighted by molar-refractivity contribution is -0.384. The molecule has 116 valence electrons. The number of anilines is 1. The summed E-state index contributed by atoms with van der Waals surface area (Å²) >= 11 is 0. The fourth-order valence-electron chi connectivity index (χ4n) is 1.84. The van der Waals surface area contributed by atoms with Gasteiger partial charge in [-0.25, -0.2) is 0 Å². The molecule has 7 nitrogen and oxygen atoms in total. The zero-order valence-electron chi connectivity index (χ0n) is 12.4. The molecular weight excluding hydrogens is 274 g/mol. The summed E-state index contributed by atoms with van der Waals surface area (Å²) in [4.78, 5) is 22.4. The van der Waals surface area contributed by atoms with Crippen LogP contribution in [0.3, 0.4) is 0 Å². The number of rotatable bonds is 7. The highest BCUT2D eigenvalue weighted by molar-refractivity contribution is 5.95.